The molecule has 0 fully saturated rings. The van der Waals surface area contributed by atoms with Crippen LogP contribution in [0.1, 0.15) is 16.7 Å². The Morgan fingerprint density at radius 2 is 1.96 bits per heavy atom. The molecule has 0 saturated heterocycles. The minimum absolute atomic E-state index is 0.236. The molecule has 0 radical (unpaired) electrons. The van der Waals surface area contributed by atoms with Gasteiger partial charge in [-0.15, -0.1) is 0 Å². The summed E-state index contributed by atoms with van der Waals surface area (Å²) in [4.78, 5) is 21.8. The summed E-state index contributed by atoms with van der Waals surface area (Å²) in [6, 6.07) is 7.29. The summed E-state index contributed by atoms with van der Waals surface area (Å²) >= 11 is 3.39. The quantitative estimate of drug-likeness (QED) is 0.437. The molecule has 0 bridgehead atoms. The topological polar surface area (TPSA) is 117 Å². The molecule has 136 valence electrons. The number of hydrogen-bond acceptors (Lipinski definition) is 6. The number of carbonyl (C=O) groups is 1. The Balaban J connectivity index is 1.94. The highest BCUT2D eigenvalue weighted by atomic mass is 79.9. The number of halogens is 1. The van der Waals surface area contributed by atoms with Crippen LogP contribution < -0.4 is 15.3 Å². The van der Waals surface area contributed by atoms with E-state index in [9.17, 15) is 20.0 Å². The second-order valence-electron chi connectivity index (χ2n) is 5.43. The molecule has 9 heteroatoms. The van der Waals surface area contributed by atoms with Crippen molar-refractivity contribution < 1.29 is 19.6 Å². The molecule has 2 aromatic carbocycles. The summed E-state index contributed by atoms with van der Waals surface area (Å²) in [6.07, 6.45) is 1.21. The number of nitro groups is 1. The maximum atomic E-state index is 11.8. The van der Waals surface area contributed by atoms with Crippen molar-refractivity contribution in [3.63, 3.8) is 0 Å². The summed E-state index contributed by atoms with van der Waals surface area (Å²) in [5.74, 6) is -0.559. The van der Waals surface area contributed by atoms with Gasteiger partial charge in [0.2, 0.25) is 0 Å². The molecule has 8 nitrogen and oxygen atoms in total. The van der Waals surface area contributed by atoms with E-state index in [0.29, 0.717) is 11.3 Å². The monoisotopic (exact) mass is 420 g/mol. The SMILES string of the molecule is Cc1cc(Br)cc(C)c1OCC(=O)NN=Cc1ccc([O-])c([N+](=O)[O-])c1. The summed E-state index contributed by atoms with van der Waals surface area (Å²) in [5.41, 5.74) is 3.80. The van der Waals surface area contributed by atoms with Crippen LogP contribution >= 0.6 is 15.9 Å². The Hall–Kier alpha value is -2.94. The average molecular weight is 421 g/mol. The molecule has 0 spiro atoms. The van der Waals surface area contributed by atoms with E-state index in [1.165, 1.54) is 12.3 Å². The van der Waals surface area contributed by atoms with Gasteiger partial charge in [0.1, 0.15) is 5.75 Å². The highest BCUT2D eigenvalue weighted by Crippen LogP contribution is 2.27. The van der Waals surface area contributed by atoms with Crippen molar-refractivity contribution >= 4 is 33.7 Å². The Kier molecular flexibility index (Phi) is 6.29. The van der Waals surface area contributed by atoms with Crippen molar-refractivity contribution in [1.82, 2.24) is 5.43 Å². The van der Waals surface area contributed by atoms with Crippen LogP contribution in [0.4, 0.5) is 5.69 Å². The molecule has 0 aliphatic heterocycles. The van der Waals surface area contributed by atoms with Crippen LogP contribution in [-0.2, 0) is 4.79 Å². The lowest BCUT2D eigenvalue weighted by molar-refractivity contribution is -0.398. The van der Waals surface area contributed by atoms with E-state index in [1.807, 2.05) is 26.0 Å². The van der Waals surface area contributed by atoms with E-state index < -0.39 is 22.3 Å². The van der Waals surface area contributed by atoms with Gasteiger partial charge >= 0.3 is 0 Å². The predicted octanol–water partition coefficient (Wildman–Crippen LogP) is 2.58. The molecule has 26 heavy (non-hydrogen) atoms. The molecule has 0 aromatic heterocycles. The lowest BCUT2D eigenvalue weighted by atomic mass is 10.1. The molecule has 1 N–H and O–H groups in total. The predicted molar refractivity (Wildman–Crippen MR) is 97.4 cm³/mol. The third-order valence-electron chi connectivity index (χ3n) is 3.36. The van der Waals surface area contributed by atoms with Crippen LogP contribution in [0.25, 0.3) is 0 Å². The summed E-state index contributed by atoms with van der Waals surface area (Å²) in [7, 11) is 0. The zero-order chi connectivity index (χ0) is 19.3. The minimum Gasteiger partial charge on any atom is -0.868 e. The standard InChI is InChI=1S/C17H16BrN3O5/c1-10-5-13(18)6-11(2)17(10)26-9-16(23)20-19-8-12-3-4-15(22)14(7-12)21(24)25/h3-8,22H,9H2,1-2H3,(H,20,23)/p-1. The van der Waals surface area contributed by atoms with Crippen molar-refractivity contribution in [3.05, 3.63) is 61.6 Å². The highest BCUT2D eigenvalue weighted by Gasteiger charge is 2.09. The second kappa shape index (κ2) is 8.43. The van der Waals surface area contributed by atoms with Crippen LogP contribution in [0.2, 0.25) is 0 Å². The van der Waals surface area contributed by atoms with Crippen LogP contribution in [0, 0.1) is 24.0 Å². The number of hydrogen-bond donors (Lipinski definition) is 1. The number of nitro benzene ring substituents is 1. The molecule has 0 aliphatic rings. The van der Waals surface area contributed by atoms with E-state index in [4.69, 9.17) is 4.74 Å². The molecular weight excluding hydrogens is 406 g/mol. The van der Waals surface area contributed by atoms with Gasteiger partial charge < -0.3 is 9.84 Å². The first kappa shape index (κ1) is 19.4. The number of nitrogens with zero attached hydrogens (tertiary/aromatic N) is 2. The zero-order valence-electron chi connectivity index (χ0n) is 14.0. The van der Waals surface area contributed by atoms with Crippen molar-refractivity contribution in [2.45, 2.75) is 13.8 Å². The second-order valence-corrected chi connectivity index (χ2v) is 6.35. The molecule has 0 heterocycles. The summed E-state index contributed by atoms with van der Waals surface area (Å²) < 4.78 is 6.44. The lowest BCUT2D eigenvalue weighted by Gasteiger charge is -2.11. The Bertz CT molecular complexity index is 860. The molecule has 0 atom stereocenters. The first-order chi connectivity index (χ1) is 12.3. The fourth-order valence-corrected chi connectivity index (χ4v) is 2.92. The van der Waals surface area contributed by atoms with Crippen LogP contribution in [-0.4, -0.2) is 23.7 Å². The van der Waals surface area contributed by atoms with Gasteiger partial charge in [0, 0.05) is 16.1 Å². The zero-order valence-corrected chi connectivity index (χ0v) is 15.6. The molecule has 2 rings (SSSR count). The Morgan fingerprint density at radius 3 is 2.58 bits per heavy atom. The highest BCUT2D eigenvalue weighted by molar-refractivity contribution is 9.10. The van der Waals surface area contributed by atoms with Gasteiger partial charge in [-0.25, -0.2) is 5.43 Å². The van der Waals surface area contributed by atoms with E-state index in [1.54, 1.807) is 0 Å². The Labute approximate surface area is 157 Å². The fraction of sp³-hybridized carbons (Fsp3) is 0.176. The molecule has 0 unspecified atom stereocenters. The number of aryl methyl sites for hydroxylation is 2. The first-order valence-corrected chi connectivity index (χ1v) is 8.24. The van der Waals surface area contributed by atoms with Gasteiger partial charge in [-0.3, -0.25) is 14.9 Å². The third kappa shape index (κ3) is 5.03. The molecule has 2 aromatic rings. The van der Waals surface area contributed by atoms with Crippen LogP contribution in [0.15, 0.2) is 39.9 Å². The number of amides is 1. The minimum atomic E-state index is -0.769. The summed E-state index contributed by atoms with van der Waals surface area (Å²) in [6.45, 7) is 3.51. The van der Waals surface area contributed by atoms with E-state index in [2.05, 4.69) is 26.5 Å². The smallest absolute Gasteiger partial charge is 0.277 e. The van der Waals surface area contributed by atoms with Gasteiger partial charge in [-0.1, -0.05) is 28.1 Å². The van der Waals surface area contributed by atoms with Gasteiger partial charge in [0.05, 0.1) is 11.1 Å². The molecule has 0 saturated carbocycles. The maximum Gasteiger partial charge on any atom is 0.277 e. The van der Waals surface area contributed by atoms with Gasteiger partial charge in [0.25, 0.3) is 11.6 Å². The van der Waals surface area contributed by atoms with Gasteiger partial charge in [0.15, 0.2) is 6.61 Å². The molecular formula is C17H15BrN3O5-. The van der Waals surface area contributed by atoms with Crippen LogP contribution in [0.3, 0.4) is 0 Å². The van der Waals surface area contributed by atoms with E-state index in [-0.39, 0.29) is 6.61 Å². The van der Waals surface area contributed by atoms with E-state index >= 15 is 0 Å². The maximum absolute atomic E-state index is 11.8. The number of ether oxygens (including phenoxy) is 1. The molecule has 0 aliphatic carbocycles. The number of hydrazone groups is 1. The fourth-order valence-electron chi connectivity index (χ4n) is 2.23. The van der Waals surface area contributed by atoms with Crippen molar-refractivity contribution in [2.24, 2.45) is 5.10 Å². The number of nitrogens with one attached hydrogen (secondary N) is 1. The van der Waals surface area contributed by atoms with Crippen molar-refractivity contribution in [1.29, 1.82) is 0 Å². The van der Waals surface area contributed by atoms with Gasteiger partial charge in [-0.05, 0) is 42.9 Å². The Morgan fingerprint density at radius 1 is 1.31 bits per heavy atom. The van der Waals surface area contributed by atoms with Crippen molar-refractivity contribution in [2.75, 3.05) is 6.61 Å². The number of rotatable bonds is 6. The number of benzene rings is 2. The van der Waals surface area contributed by atoms with Crippen LogP contribution in [0.5, 0.6) is 11.5 Å². The summed E-state index contributed by atoms with van der Waals surface area (Å²) in [5, 5.41) is 25.7. The van der Waals surface area contributed by atoms with E-state index in [0.717, 1.165) is 27.7 Å². The lowest BCUT2D eigenvalue weighted by Crippen LogP contribution is -2.25. The molecule has 1 amide bonds. The number of carbonyl (C=O) groups excluding carboxylic acids is 1. The van der Waals surface area contributed by atoms with Gasteiger partial charge in [-0.2, -0.15) is 5.10 Å². The normalized spacial score (nSPS) is 10.7. The van der Waals surface area contributed by atoms with Crippen molar-refractivity contribution in [3.8, 4) is 11.5 Å². The largest absolute Gasteiger partial charge is 0.868 e. The first-order valence-electron chi connectivity index (χ1n) is 7.45. The average Bonchev–Trinajstić information content (AvgIpc) is 2.55. The third-order valence-corrected chi connectivity index (χ3v) is 3.81.